The fourth-order valence-corrected chi connectivity index (χ4v) is 0.713. The molecule has 0 spiro atoms. The summed E-state index contributed by atoms with van der Waals surface area (Å²) >= 11 is 0. The van der Waals surface area contributed by atoms with Crippen molar-refractivity contribution in [3.05, 3.63) is 12.7 Å². The van der Waals surface area contributed by atoms with Crippen LogP contribution in [0.25, 0.3) is 0 Å². The van der Waals surface area contributed by atoms with Crippen LogP contribution in [0.1, 0.15) is 27.2 Å². The van der Waals surface area contributed by atoms with Crippen LogP contribution in [0, 0.1) is 5.41 Å². The first-order chi connectivity index (χ1) is 5.40. The van der Waals surface area contributed by atoms with Gasteiger partial charge in [-0.15, -0.1) is 6.58 Å². The van der Waals surface area contributed by atoms with E-state index in [1.165, 1.54) is 6.92 Å². The molecule has 3 heteroatoms. The third-order valence-corrected chi connectivity index (χ3v) is 1.44. The van der Waals surface area contributed by atoms with Crippen LogP contribution in [0.3, 0.4) is 0 Å². The van der Waals surface area contributed by atoms with E-state index in [1.54, 1.807) is 19.9 Å². The van der Waals surface area contributed by atoms with Gasteiger partial charge in [0.15, 0.2) is 0 Å². The summed E-state index contributed by atoms with van der Waals surface area (Å²) in [4.78, 5) is 21.6. The van der Waals surface area contributed by atoms with Crippen LogP contribution >= 0.6 is 0 Å². The maximum absolute atomic E-state index is 11.2. The van der Waals surface area contributed by atoms with Crippen LogP contribution < -0.4 is 0 Å². The Bertz CT molecular complexity index is 204. The lowest BCUT2D eigenvalue weighted by molar-refractivity contribution is -0.164. The standard InChI is InChI=1S/C9H14O3/c1-5-6-9(3,4)8(11)12-7(2)10/h5H,1,6H2,2-4H3. The van der Waals surface area contributed by atoms with Gasteiger partial charge in [0.05, 0.1) is 5.41 Å². The second-order valence-electron chi connectivity index (χ2n) is 3.26. The van der Waals surface area contributed by atoms with E-state index >= 15 is 0 Å². The highest BCUT2D eigenvalue weighted by Gasteiger charge is 2.28. The Balaban J connectivity index is 4.24. The molecule has 3 nitrogen and oxygen atoms in total. The molecule has 0 saturated carbocycles. The van der Waals surface area contributed by atoms with Crippen molar-refractivity contribution in [2.75, 3.05) is 0 Å². The first-order valence-corrected chi connectivity index (χ1v) is 3.74. The predicted molar refractivity (Wildman–Crippen MR) is 45.4 cm³/mol. The number of hydrogen-bond acceptors (Lipinski definition) is 3. The topological polar surface area (TPSA) is 43.4 Å². The number of carbonyl (C=O) groups excluding carboxylic acids is 2. The normalized spacial score (nSPS) is 10.6. The van der Waals surface area contributed by atoms with Crippen molar-refractivity contribution in [3.8, 4) is 0 Å². The van der Waals surface area contributed by atoms with Crippen LogP contribution in [0.5, 0.6) is 0 Å². The molecule has 12 heavy (non-hydrogen) atoms. The maximum Gasteiger partial charge on any atom is 0.319 e. The number of esters is 2. The van der Waals surface area contributed by atoms with E-state index < -0.39 is 17.4 Å². The maximum atomic E-state index is 11.2. The van der Waals surface area contributed by atoms with Crippen molar-refractivity contribution in [2.45, 2.75) is 27.2 Å². The molecule has 0 amide bonds. The zero-order chi connectivity index (χ0) is 9.78. The number of hydrogen-bond donors (Lipinski definition) is 0. The van der Waals surface area contributed by atoms with Crippen LogP contribution in [-0.2, 0) is 14.3 Å². The molecule has 0 bridgehead atoms. The molecule has 0 aromatic heterocycles. The molecule has 68 valence electrons. The molecule has 0 heterocycles. The summed E-state index contributed by atoms with van der Waals surface area (Å²) in [6, 6.07) is 0. The Morgan fingerprint density at radius 3 is 2.33 bits per heavy atom. The minimum atomic E-state index is -0.659. The van der Waals surface area contributed by atoms with Gasteiger partial charge in [-0.2, -0.15) is 0 Å². The second-order valence-corrected chi connectivity index (χ2v) is 3.26. The van der Waals surface area contributed by atoms with E-state index in [2.05, 4.69) is 11.3 Å². The number of carbonyl (C=O) groups is 2. The summed E-state index contributed by atoms with van der Waals surface area (Å²) in [5, 5.41) is 0. The molecule has 0 saturated heterocycles. The van der Waals surface area contributed by atoms with Gasteiger partial charge in [0.1, 0.15) is 0 Å². The fourth-order valence-electron chi connectivity index (χ4n) is 0.713. The van der Waals surface area contributed by atoms with Crippen LogP contribution in [0.4, 0.5) is 0 Å². The Morgan fingerprint density at radius 1 is 1.50 bits per heavy atom. The van der Waals surface area contributed by atoms with E-state index in [0.29, 0.717) is 6.42 Å². The minimum absolute atomic E-state index is 0.499. The Labute approximate surface area is 72.4 Å². The average Bonchev–Trinajstić information content (AvgIpc) is 1.85. The summed E-state index contributed by atoms with van der Waals surface area (Å²) < 4.78 is 4.44. The molecule has 0 aliphatic rings. The van der Waals surface area contributed by atoms with Crippen molar-refractivity contribution in [1.82, 2.24) is 0 Å². The molecule has 0 rings (SSSR count). The zero-order valence-corrected chi connectivity index (χ0v) is 7.72. The smallest absolute Gasteiger partial charge is 0.319 e. The van der Waals surface area contributed by atoms with Gasteiger partial charge in [-0.3, -0.25) is 9.59 Å². The average molecular weight is 170 g/mol. The van der Waals surface area contributed by atoms with E-state index in [9.17, 15) is 9.59 Å². The summed E-state index contributed by atoms with van der Waals surface area (Å²) in [5.74, 6) is -1.08. The summed E-state index contributed by atoms with van der Waals surface area (Å²) in [5.41, 5.74) is -0.659. The molecule has 0 aliphatic heterocycles. The second kappa shape index (κ2) is 4.04. The number of allylic oxidation sites excluding steroid dienone is 1. The summed E-state index contributed by atoms with van der Waals surface area (Å²) in [6.07, 6.45) is 2.13. The van der Waals surface area contributed by atoms with Crippen LogP contribution in [0.2, 0.25) is 0 Å². The quantitative estimate of drug-likeness (QED) is 0.367. The van der Waals surface area contributed by atoms with Gasteiger partial charge in [0.2, 0.25) is 0 Å². The first kappa shape index (κ1) is 10.9. The van der Waals surface area contributed by atoms with Gasteiger partial charge in [0.25, 0.3) is 0 Å². The van der Waals surface area contributed by atoms with Crippen LogP contribution in [-0.4, -0.2) is 11.9 Å². The van der Waals surface area contributed by atoms with Crippen molar-refractivity contribution in [2.24, 2.45) is 5.41 Å². The fraction of sp³-hybridized carbons (Fsp3) is 0.556. The molecule has 0 N–H and O–H groups in total. The van der Waals surface area contributed by atoms with Crippen molar-refractivity contribution < 1.29 is 14.3 Å². The van der Waals surface area contributed by atoms with E-state index in [1.807, 2.05) is 0 Å². The lowest BCUT2D eigenvalue weighted by Gasteiger charge is -2.18. The SMILES string of the molecule is C=CCC(C)(C)C(=O)OC(C)=O. The molecule has 0 aromatic rings. The molecule has 0 unspecified atom stereocenters. The largest absolute Gasteiger partial charge is 0.393 e. The highest BCUT2D eigenvalue weighted by Crippen LogP contribution is 2.22. The lowest BCUT2D eigenvalue weighted by atomic mass is 9.90. The van der Waals surface area contributed by atoms with Gasteiger partial charge in [-0.05, 0) is 20.3 Å². The lowest BCUT2D eigenvalue weighted by Crippen LogP contribution is -2.27. The Morgan fingerprint density at radius 2 is 2.00 bits per heavy atom. The van der Waals surface area contributed by atoms with Crippen molar-refractivity contribution in [3.63, 3.8) is 0 Å². The molecular weight excluding hydrogens is 156 g/mol. The predicted octanol–water partition coefficient (Wildman–Crippen LogP) is 1.68. The monoisotopic (exact) mass is 170 g/mol. The van der Waals surface area contributed by atoms with Gasteiger partial charge in [-0.1, -0.05) is 6.08 Å². The van der Waals surface area contributed by atoms with Gasteiger partial charge < -0.3 is 4.74 Å². The van der Waals surface area contributed by atoms with E-state index in [-0.39, 0.29) is 0 Å². The number of rotatable bonds is 3. The summed E-state index contributed by atoms with van der Waals surface area (Å²) in [7, 11) is 0. The zero-order valence-electron chi connectivity index (χ0n) is 7.72. The Kier molecular flexibility index (Phi) is 3.67. The molecule has 0 atom stereocenters. The summed E-state index contributed by atoms with van der Waals surface area (Å²) in [6.45, 7) is 8.14. The molecule has 0 aliphatic carbocycles. The third-order valence-electron chi connectivity index (χ3n) is 1.44. The molecular formula is C9H14O3. The van der Waals surface area contributed by atoms with Gasteiger partial charge >= 0.3 is 11.9 Å². The molecule has 0 fully saturated rings. The van der Waals surface area contributed by atoms with Gasteiger partial charge in [0, 0.05) is 6.92 Å². The van der Waals surface area contributed by atoms with Crippen molar-refractivity contribution >= 4 is 11.9 Å². The van der Waals surface area contributed by atoms with Crippen LogP contribution in [0.15, 0.2) is 12.7 Å². The third kappa shape index (κ3) is 3.32. The van der Waals surface area contributed by atoms with Crippen molar-refractivity contribution in [1.29, 1.82) is 0 Å². The van der Waals surface area contributed by atoms with E-state index in [4.69, 9.17) is 0 Å². The molecule has 0 aromatic carbocycles. The highest BCUT2D eigenvalue weighted by molar-refractivity contribution is 5.87. The molecule has 0 radical (unpaired) electrons. The Hall–Kier alpha value is -1.12. The minimum Gasteiger partial charge on any atom is -0.393 e. The number of ether oxygens (including phenoxy) is 1. The van der Waals surface area contributed by atoms with Gasteiger partial charge in [-0.25, -0.2) is 0 Å². The first-order valence-electron chi connectivity index (χ1n) is 3.74. The van der Waals surface area contributed by atoms with E-state index in [0.717, 1.165) is 0 Å². The highest BCUT2D eigenvalue weighted by atomic mass is 16.6.